The molecule has 0 radical (unpaired) electrons. The Bertz CT molecular complexity index is 602. The van der Waals surface area contributed by atoms with E-state index in [9.17, 15) is 0 Å². The molecule has 0 fully saturated rings. The molecular weight excluding hydrogens is 292 g/mol. The molecule has 0 N–H and O–H groups in total. The standard InChI is InChI=1S/C20H26N2.C2H6/c1-4-5-7-11-16(2)18-14-10-15-19(22-18)20(21-3)17-12-8-6-9-13-17;1-2/h6,8-10,12-16H,4-5,7,11H2,1-3H3;1-2H3. The molecule has 1 aromatic heterocycles. The van der Waals surface area contributed by atoms with Gasteiger partial charge >= 0.3 is 0 Å². The van der Waals surface area contributed by atoms with Crippen molar-refractivity contribution in [3.05, 3.63) is 65.5 Å². The van der Waals surface area contributed by atoms with Crippen molar-refractivity contribution in [2.24, 2.45) is 4.99 Å². The first-order valence-electron chi connectivity index (χ1n) is 9.25. The van der Waals surface area contributed by atoms with Crippen LogP contribution in [0.25, 0.3) is 0 Å². The van der Waals surface area contributed by atoms with Crippen LogP contribution in [0.1, 0.15) is 76.2 Å². The Labute approximate surface area is 148 Å². The molecule has 0 aliphatic carbocycles. The van der Waals surface area contributed by atoms with E-state index in [0.717, 1.165) is 17.0 Å². The maximum Gasteiger partial charge on any atom is 0.0899 e. The quantitative estimate of drug-likeness (QED) is 0.436. The first-order chi connectivity index (χ1) is 11.8. The summed E-state index contributed by atoms with van der Waals surface area (Å²) in [6, 6.07) is 16.6. The number of hydrogen-bond acceptors (Lipinski definition) is 2. The zero-order chi connectivity index (χ0) is 17.8. The van der Waals surface area contributed by atoms with Crippen molar-refractivity contribution in [1.29, 1.82) is 0 Å². The Morgan fingerprint density at radius 1 is 1.00 bits per heavy atom. The van der Waals surface area contributed by atoms with Gasteiger partial charge in [0, 0.05) is 18.3 Å². The second kappa shape index (κ2) is 11.6. The summed E-state index contributed by atoms with van der Waals surface area (Å²) < 4.78 is 0. The Morgan fingerprint density at radius 2 is 1.71 bits per heavy atom. The van der Waals surface area contributed by atoms with Crippen LogP contribution >= 0.6 is 0 Å². The van der Waals surface area contributed by atoms with Gasteiger partial charge in [0.2, 0.25) is 0 Å². The highest BCUT2D eigenvalue weighted by Crippen LogP contribution is 2.21. The molecule has 0 saturated carbocycles. The molecule has 0 aliphatic heterocycles. The average molecular weight is 325 g/mol. The van der Waals surface area contributed by atoms with Crippen LogP contribution in [0.4, 0.5) is 0 Å². The SMILES string of the molecule is CC.CCCCCC(C)c1cccc(C(=NC)c2ccccc2)n1. The Kier molecular flexibility index (Phi) is 9.67. The van der Waals surface area contributed by atoms with Crippen molar-refractivity contribution in [2.45, 2.75) is 59.3 Å². The topological polar surface area (TPSA) is 25.2 Å². The fourth-order valence-corrected chi connectivity index (χ4v) is 2.69. The lowest BCUT2D eigenvalue weighted by Crippen LogP contribution is -2.08. The van der Waals surface area contributed by atoms with Crippen LogP contribution in [0.15, 0.2) is 53.5 Å². The molecular formula is C22H32N2. The van der Waals surface area contributed by atoms with E-state index in [4.69, 9.17) is 4.98 Å². The van der Waals surface area contributed by atoms with Crippen LogP contribution in [-0.2, 0) is 0 Å². The lowest BCUT2D eigenvalue weighted by Gasteiger charge is -2.13. The fourth-order valence-electron chi connectivity index (χ4n) is 2.69. The minimum Gasteiger partial charge on any atom is -0.286 e. The molecule has 0 bridgehead atoms. The van der Waals surface area contributed by atoms with Gasteiger partial charge in [0.05, 0.1) is 11.4 Å². The normalized spacial score (nSPS) is 12.3. The van der Waals surface area contributed by atoms with E-state index in [0.29, 0.717) is 5.92 Å². The summed E-state index contributed by atoms with van der Waals surface area (Å²) >= 11 is 0. The van der Waals surface area contributed by atoms with E-state index in [1.807, 2.05) is 39.1 Å². The zero-order valence-electron chi connectivity index (χ0n) is 15.9. The predicted octanol–water partition coefficient (Wildman–Crippen LogP) is 6.26. The third-order valence-electron chi connectivity index (χ3n) is 4.03. The van der Waals surface area contributed by atoms with Gasteiger partial charge in [-0.3, -0.25) is 9.98 Å². The maximum atomic E-state index is 4.87. The summed E-state index contributed by atoms with van der Waals surface area (Å²) in [5, 5.41) is 0. The molecule has 0 aliphatic rings. The second-order valence-electron chi connectivity index (χ2n) is 5.78. The molecule has 2 rings (SSSR count). The van der Waals surface area contributed by atoms with Crippen molar-refractivity contribution in [3.63, 3.8) is 0 Å². The first kappa shape index (κ1) is 20.1. The Morgan fingerprint density at radius 3 is 2.33 bits per heavy atom. The molecule has 0 saturated heterocycles. The number of benzene rings is 1. The van der Waals surface area contributed by atoms with Gasteiger partial charge in [-0.15, -0.1) is 0 Å². The number of aromatic nitrogens is 1. The van der Waals surface area contributed by atoms with Gasteiger partial charge in [0.25, 0.3) is 0 Å². The molecule has 2 aromatic rings. The summed E-state index contributed by atoms with van der Waals surface area (Å²) in [5.74, 6) is 0.500. The van der Waals surface area contributed by atoms with Gasteiger partial charge in [-0.1, -0.05) is 83.4 Å². The molecule has 2 nitrogen and oxygen atoms in total. The third kappa shape index (κ3) is 5.92. The van der Waals surface area contributed by atoms with E-state index >= 15 is 0 Å². The minimum absolute atomic E-state index is 0.500. The molecule has 2 heteroatoms. The summed E-state index contributed by atoms with van der Waals surface area (Å²) in [7, 11) is 1.83. The Balaban J connectivity index is 0.00000139. The summed E-state index contributed by atoms with van der Waals surface area (Å²) in [6.45, 7) is 8.51. The van der Waals surface area contributed by atoms with Gasteiger partial charge in [-0.2, -0.15) is 0 Å². The van der Waals surface area contributed by atoms with Crippen LogP contribution in [0.5, 0.6) is 0 Å². The van der Waals surface area contributed by atoms with Crippen molar-refractivity contribution in [1.82, 2.24) is 4.98 Å². The monoisotopic (exact) mass is 324 g/mol. The highest BCUT2D eigenvalue weighted by molar-refractivity contribution is 6.11. The number of rotatable bonds is 7. The van der Waals surface area contributed by atoms with E-state index in [1.54, 1.807) is 0 Å². The molecule has 1 aromatic carbocycles. The minimum atomic E-state index is 0.500. The number of nitrogens with zero attached hydrogens (tertiary/aromatic N) is 2. The van der Waals surface area contributed by atoms with Crippen LogP contribution in [0.3, 0.4) is 0 Å². The summed E-state index contributed by atoms with van der Waals surface area (Å²) in [5.41, 5.74) is 4.22. The van der Waals surface area contributed by atoms with E-state index in [-0.39, 0.29) is 0 Å². The number of pyridine rings is 1. The maximum absolute atomic E-state index is 4.87. The highest BCUT2D eigenvalue weighted by Gasteiger charge is 2.11. The molecule has 1 unspecified atom stereocenters. The average Bonchev–Trinajstić information content (AvgIpc) is 2.65. The number of unbranched alkanes of at least 4 members (excludes halogenated alkanes) is 2. The summed E-state index contributed by atoms with van der Waals surface area (Å²) in [6.07, 6.45) is 5.04. The van der Waals surface area contributed by atoms with Gasteiger partial charge in [-0.25, -0.2) is 0 Å². The van der Waals surface area contributed by atoms with Crippen LogP contribution in [0.2, 0.25) is 0 Å². The van der Waals surface area contributed by atoms with Crippen molar-refractivity contribution in [3.8, 4) is 0 Å². The number of aliphatic imine (C=N–C) groups is 1. The van der Waals surface area contributed by atoms with Crippen molar-refractivity contribution < 1.29 is 0 Å². The van der Waals surface area contributed by atoms with Crippen LogP contribution in [0, 0.1) is 0 Å². The van der Waals surface area contributed by atoms with Gasteiger partial charge < -0.3 is 0 Å². The van der Waals surface area contributed by atoms with Crippen molar-refractivity contribution in [2.75, 3.05) is 7.05 Å². The van der Waals surface area contributed by atoms with E-state index in [1.165, 1.54) is 31.4 Å². The van der Waals surface area contributed by atoms with Gasteiger partial charge in [0.15, 0.2) is 0 Å². The molecule has 24 heavy (non-hydrogen) atoms. The van der Waals surface area contributed by atoms with E-state index in [2.05, 4.69) is 49.2 Å². The molecule has 0 spiro atoms. The lowest BCUT2D eigenvalue weighted by molar-refractivity contribution is 0.588. The Hall–Kier alpha value is -1.96. The van der Waals surface area contributed by atoms with Crippen LogP contribution < -0.4 is 0 Å². The van der Waals surface area contributed by atoms with Gasteiger partial charge in [0.1, 0.15) is 0 Å². The molecule has 1 atom stereocenters. The molecule has 130 valence electrons. The van der Waals surface area contributed by atoms with Crippen molar-refractivity contribution >= 4 is 5.71 Å². The smallest absolute Gasteiger partial charge is 0.0899 e. The highest BCUT2D eigenvalue weighted by atomic mass is 14.8. The molecule has 1 heterocycles. The second-order valence-corrected chi connectivity index (χ2v) is 5.78. The van der Waals surface area contributed by atoms with Gasteiger partial charge in [-0.05, 0) is 24.5 Å². The largest absolute Gasteiger partial charge is 0.286 e. The number of hydrogen-bond donors (Lipinski definition) is 0. The summed E-state index contributed by atoms with van der Waals surface area (Å²) in [4.78, 5) is 9.33. The zero-order valence-corrected chi connectivity index (χ0v) is 15.9. The van der Waals surface area contributed by atoms with Crippen LogP contribution in [-0.4, -0.2) is 17.7 Å². The molecule has 0 amide bonds. The van der Waals surface area contributed by atoms with E-state index < -0.39 is 0 Å². The predicted molar refractivity (Wildman–Crippen MR) is 106 cm³/mol. The third-order valence-corrected chi connectivity index (χ3v) is 4.03. The first-order valence-corrected chi connectivity index (χ1v) is 9.25. The lowest BCUT2D eigenvalue weighted by atomic mass is 9.98. The fraction of sp³-hybridized carbons (Fsp3) is 0.455.